The van der Waals surface area contributed by atoms with E-state index in [9.17, 15) is 4.79 Å². The third-order valence-electron chi connectivity index (χ3n) is 3.18. The summed E-state index contributed by atoms with van der Waals surface area (Å²) in [6.45, 7) is 1.36. The first-order valence-corrected chi connectivity index (χ1v) is 7.31. The van der Waals surface area contributed by atoms with E-state index >= 15 is 0 Å². The molecule has 0 amide bonds. The molecule has 0 aliphatic heterocycles. The van der Waals surface area contributed by atoms with Crippen molar-refractivity contribution >= 4 is 11.9 Å². The SMILES string of the molecule is CN(C)CCOc1ccccc1C(=O)C=Cc1ccccc1. The summed E-state index contributed by atoms with van der Waals surface area (Å²) in [5, 5.41) is 0. The molecule has 2 rings (SSSR count). The van der Waals surface area contributed by atoms with Crippen LogP contribution in [-0.2, 0) is 0 Å². The molecule has 114 valence electrons. The Balaban J connectivity index is 2.07. The van der Waals surface area contributed by atoms with Crippen LogP contribution in [0.5, 0.6) is 5.75 Å². The zero-order valence-electron chi connectivity index (χ0n) is 13.0. The van der Waals surface area contributed by atoms with Crippen molar-refractivity contribution in [2.45, 2.75) is 0 Å². The lowest BCUT2D eigenvalue weighted by molar-refractivity contribution is 0.104. The molecule has 3 nitrogen and oxygen atoms in total. The standard InChI is InChI=1S/C19H21NO2/c1-20(2)14-15-22-19-11-7-6-10-17(19)18(21)13-12-16-8-4-3-5-9-16/h3-13H,14-15H2,1-2H3. The minimum absolute atomic E-state index is 0.0516. The van der Waals surface area contributed by atoms with Gasteiger partial charge in [0.25, 0.3) is 0 Å². The summed E-state index contributed by atoms with van der Waals surface area (Å²) >= 11 is 0. The van der Waals surface area contributed by atoms with Crippen LogP contribution in [0.2, 0.25) is 0 Å². The summed E-state index contributed by atoms with van der Waals surface area (Å²) in [5.41, 5.74) is 1.59. The fraction of sp³-hybridized carbons (Fsp3) is 0.211. The number of allylic oxidation sites excluding steroid dienone is 1. The van der Waals surface area contributed by atoms with Gasteiger partial charge >= 0.3 is 0 Å². The summed E-state index contributed by atoms with van der Waals surface area (Å²) < 4.78 is 5.72. The highest BCUT2D eigenvalue weighted by atomic mass is 16.5. The Morgan fingerprint density at radius 3 is 2.45 bits per heavy atom. The van der Waals surface area contributed by atoms with Crippen LogP contribution in [0.1, 0.15) is 15.9 Å². The van der Waals surface area contributed by atoms with Gasteiger partial charge in [-0.3, -0.25) is 4.79 Å². The summed E-state index contributed by atoms with van der Waals surface area (Å²) in [6.07, 6.45) is 3.41. The van der Waals surface area contributed by atoms with Gasteiger partial charge in [-0.2, -0.15) is 0 Å². The van der Waals surface area contributed by atoms with Crippen molar-refractivity contribution < 1.29 is 9.53 Å². The van der Waals surface area contributed by atoms with Gasteiger partial charge in [-0.1, -0.05) is 48.5 Å². The number of hydrogen-bond acceptors (Lipinski definition) is 3. The molecule has 2 aromatic rings. The molecule has 0 aliphatic rings. The molecule has 0 N–H and O–H groups in total. The van der Waals surface area contributed by atoms with E-state index in [-0.39, 0.29) is 5.78 Å². The molecule has 0 bridgehead atoms. The molecule has 0 radical (unpaired) electrons. The second kappa shape index (κ2) is 8.15. The Labute approximate surface area is 131 Å². The van der Waals surface area contributed by atoms with E-state index in [1.165, 1.54) is 0 Å². The Morgan fingerprint density at radius 1 is 1.05 bits per heavy atom. The summed E-state index contributed by atoms with van der Waals surface area (Å²) in [5.74, 6) is 0.580. The van der Waals surface area contributed by atoms with Crippen LogP contribution in [0.15, 0.2) is 60.7 Å². The van der Waals surface area contributed by atoms with Crippen molar-refractivity contribution in [3.05, 3.63) is 71.8 Å². The van der Waals surface area contributed by atoms with E-state index in [1.807, 2.05) is 73.6 Å². The Hall–Kier alpha value is -2.39. The topological polar surface area (TPSA) is 29.5 Å². The maximum Gasteiger partial charge on any atom is 0.189 e. The van der Waals surface area contributed by atoms with Crippen molar-refractivity contribution in [3.8, 4) is 5.75 Å². The zero-order valence-corrected chi connectivity index (χ0v) is 13.0. The second-order valence-corrected chi connectivity index (χ2v) is 5.26. The average molecular weight is 295 g/mol. The van der Waals surface area contributed by atoms with Crippen molar-refractivity contribution in [1.29, 1.82) is 0 Å². The van der Waals surface area contributed by atoms with E-state index in [2.05, 4.69) is 0 Å². The summed E-state index contributed by atoms with van der Waals surface area (Å²) in [4.78, 5) is 14.4. The second-order valence-electron chi connectivity index (χ2n) is 5.26. The lowest BCUT2D eigenvalue weighted by Gasteiger charge is -2.12. The lowest BCUT2D eigenvalue weighted by atomic mass is 10.1. The molecule has 3 heteroatoms. The van der Waals surface area contributed by atoms with Gasteiger partial charge in [0.15, 0.2) is 5.78 Å². The predicted octanol–water partition coefficient (Wildman–Crippen LogP) is 3.52. The first-order valence-electron chi connectivity index (χ1n) is 7.31. The predicted molar refractivity (Wildman–Crippen MR) is 90.3 cm³/mol. The third kappa shape index (κ3) is 4.86. The Kier molecular flexibility index (Phi) is 5.92. The fourth-order valence-corrected chi connectivity index (χ4v) is 1.96. The van der Waals surface area contributed by atoms with E-state index < -0.39 is 0 Å². The van der Waals surface area contributed by atoms with Crippen LogP contribution >= 0.6 is 0 Å². The smallest absolute Gasteiger partial charge is 0.189 e. The first-order chi connectivity index (χ1) is 10.7. The number of rotatable bonds is 7. The van der Waals surface area contributed by atoms with Crippen LogP contribution in [0.3, 0.4) is 0 Å². The molecule has 0 fully saturated rings. The molecule has 0 saturated carbocycles. The van der Waals surface area contributed by atoms with Crippen molar-refractivity contribution in [3.63, 3.8) is 0 Å². The number of ether oxygens (including phenoxy) is 1. The van der Waals surface area contributed by atoms with Gasteiger partial charge in [0.1, 0.15) is 12.4 Å². The number of nitrogens with zero attached hydrogens (tertiary/aromatic N) is 1. The van der Waals surface area contributed by atoms with Crippen molar-refractivity contribution in [1.82, 2.24) is 4.90 Å². The van der Waals surface area contributed by atoms with Gasteiger partial charge in [0.05, 0.1) is 5.56 Å². The minimum Gasteiger partial charge on any atom is -0.491 e. The van der Waals surface area contributed by atoms with Gasteiger partial charge in [0, 0.05) is 6.54 Å². The molecule has 0 aromatic heterocycles. The van der Waals surface area contributed by atoms with Gasteiger partial charge in [-0.25, -0.2) is 0 Å². The highest BCUT2D eigenvalue weighted by Gasteiger charge is 2.09. The van der Waals surface area contributed by atoms with Crippen LogP contribution in [-0.4, -0.2) is 37.9 Å². The van der Waals surface area contributed by atoms with Crippen LogP contribution in [0.4, 0.5) is 0 Å². The van der Waals surface area contributed by atoms with Gasteiger partial charge < -0.3 is 9.64 Å². The van der Waals surface area contributed by atoms with E-state index in [0.717, 1.165) is 12.1 Å². The molecule has 0 heterocycles. The number of likely N-dealkylation sites (N-methyl/N-ethyl adjacent to an activating group) is 1. The molecular weight excluding hydrogens is 274 g/mol. The minimum atomic E-state index is -0.0516. The van der Waals surface area contributed by atoms with E-state index in [0.29, 0.717) is 17.9 Å². The number of ketones is 1. The Bertz CT molecular complexity index is 633. The van der Waals surface area contributed by atoms with Gasteiger partial charge in [0.2, 0.25) is 0 Å². The fourth-order valence-electron chi connectivity index (χ4n) is 1.96. The first kappa shape index (κ1) is 16.0. The monoisotopic (exact) mass is 295 g/mol. The molecule has 0 saturated heterocycles. The van der Waals surface area contributed by atoms with Crippen LogP contribution in [0.25, 0.3) is 6.08 Å². The molecule has 22 heavy (non-hydrogen) atoms. The van der Waals surface area contributed by atoms with Crippen molar-refractivity contribution in [2.24, 2.45) is 0 Å². The molecule has 0 atom stereocenters. The number of para-hydroxylation sites is 1. The normalized spacial score (nSPS) is 11.0. The zero-order chi connectivity index (χ0) is 15.8. The number of carbonyl (C=O) groups is 1. The average Bonchev–Trinajstić information content (AvgIpc) is 2.54. The highest BCUT2D eigenvalue weighted by molar-refractivity contribution is 6.08. The highest BCUT2D eigenvalue weighted by Crippen LogP contribution is 2.19. The maximum absolute atomic E-state index is 12.4. The number of carbonyl (C=O) groups excluding carboxylic acids is 1. The summed E-state index contributed by atoms with van der Waals surface area (Å²) in [6, 6.07) is 17.1. The van der Waals surface area contributed by atoms with E-state index in [1.54, 1.807) is 12.1 Å². The quantitative estimate of drug-likeness (QED) is 0.578. The molecular formula is C19H21NO2. The summed E-state index contributed by atoms with van der Waals surface area (Å²) in [7, 11) is 3.98. The van der Waals surface area contributed by atoms with Crippen LogP contribution < -0.4 is 4.74 Å². The largest absolute Gasteiger partial charge is 0.491 e. The number of benzene rings is 2. The number of hydrogen-bond donors (Lipinski definition) is 0. The molecule has 0 spiro atoms. The van der Waals surface area contributed by atoms with Crippen molar-refractivity contribution in [2.75, 3.05) is 27.2 Å². The van der Waals surface area contributed by atoms with E-state index in [4.69, 9.17) is 4.74 Å². The molecule has 0 aliphatic carbocycles. The Morgan fingerprint density at radius 2 is 1.73 bits per heavy atom. The van der Waals surface area contributed by atoms with Gasteiger partial charge in [-0.15, -0.1) is 0 Å². The third-order valence-corrected chi connectivity index (χ3v) is 3.18. The molecule has 2 aromatic carbocycles. The lowest BCUT2D eigenvalue weighted by Crippen LogP contribution is -2.20. The maximum atomic E-state index is 12.4. The molecule has 0 unspecified atom stereocenters. The van der Waals surface area contributed by atoms with Gasteiger partial charge in [-0.05, 0) is 37.9 Å². The van der Waals surface area contributed by atoms with Crippen LogP contribution in [0, 0.1) is 0 Å².